The molecule has 0 aliphatic carbocycles. The van der Waals surface area contributed by atoms with E-state index in [0.717, 1.165) is 62.9 Å². The lowest BCUT2D eigenvalue weighted by atomic mass is 10.2. The van der Waals surface area contributed by atoms with Crippen molar-refractivity contribution in [1.29, 1.82) is 0 Å². The van der Waals surface area contributed by atoms with Crippen LogP contribution >= 0.6 is 0 Å². The number of benzene rings is 2. The van der Waals surface area contributed by atoms with Gasteiger partial charge in [0.1, 0.15) is 12.4 Å². The molecule has 148 valence electrons. The molecule has 0 aromatic heterocycles. The molecular weight excluding hydrogens is 356 g/mol. The first-order valence-corrected chi connectivity index (χ1v) is 9.86. The molecule has 0 unspecified atom stereocenters. The number of amides is 1. The summed E-state index contributed by atoms with van der Waals surface area (Å²) < 4.78 is 16.7. The van der Waals surface area contributed by atoms with E-state index < -0.39 is 0 Å². The van der Waals surface area contributed by atoms with Gasteiger partial charge in [-0.15, -0.1) is 0 Å². The molecule has 1 atom stereocenters. The summed E-state index contributed by atoms with van der Waals surface area (Å²) in [6, 6.07) is 15.1. The summed E-state index contributed by atoms with van der Waals surface area (Å²) in [6.07, 6.45) is 2.33. The van der Waals surface area contributed by atoms with Crippen LogP contribution in [0.4, 0.5) is 11.4 Å². The van der Waals surface area contributed by atoms with Crippen LogP contribution in [-0.2, 0) is 9.47 Å². The normalized spacial score (nSPS) is 19.4. The van der Waals surface area contributed by atoms with Crippen LogP contribution in [0.25, 0.3) is 0 Å². The van der Waals surface area contributed by atoms with Crippen LogP contribution in [-0.4, -0.2) is 51.5 Å². The third-order valence-electron chi connectivity index (χ3n) is 5.08. The van der Waals surface area contributed by atoms with Gasteiger partial charge in [-0.2, -0.15) is 0 Å². The second kappa shape index (κ2) is 9.08. The first-order chi connectivity index (χ1) is 13.8. The fourth-order valence-corrected chi connectivity index (χ4v) is 3.45. The van der Waals surface area contributed by atoms with E-state index in [1.165, 1.54) is 0 Å². The standard InChI is InChI=1S/C22H26N2O4/c25-22(17-3-9-20(10-4-17)28-16-21-2-1-13-27-21)23-18-5-7-19(8-6-18)24-11-14-26-15-12-24/h3-10,21H,1-2,11-16H2,(H,23,25)/t21-/m0/s1. The van der Waals surface area contributed by atoms with Crippen LogP contribution in [0.15, 0.2) is 48.5 Å². The molecule has 1 N–H and O–H groups in total. The highest BCUT2D eigenvalue weighted by atomic mass is 16.5. The van der Waals surface area contributed by atoms with Gasteiger partial charge in [-0.25, -0.2) is 0 Å². The maximum atomic E-state index is 12.5. The zero-order chi connectivity index (χ0) is 19.2. The molecule has 0 saturated carbocycles. The largest absolute Gasteiger partial charge is 0.491 e. The summed E-state index contributed by atoms with van der Waals surface area (Å²) in [4.78, 5) is 14.8. The van der Waals surface area contributed by atoms with Gasteiger partial charge in [0, 0.05) is 36.6 Å². The highest BCUT2D eigenvalue weighted by Gasteiger charge is 2.16. The molecule has 2 aliphatic heterocycles. The summed E-state index contributed by atoms with van der Waals surface area (Å²) in [5, 5.41) is 2.94. The van der Waals surface area contributed by atoms with E-state index in [4.69, 9.17) is 14.2 Å². The molecule has 4 rings (SSSR count). The lowest BCUT2D eigenvalue weighted by Gasteiger charge is -2.28. The number of carbonyl (C=O) groups is 1. The highest BCUT2D eigenvalue weighted by Crippen LogP contribution is 2.20. The molecule has 0 spiro atoms. The van der Waals surface area contributed by atoms with E-state index >= 15 is 0 Å². The molecular formula is C22H26N2O4. The minimum absolute atomic E-state index is 0.134. The Balaban J connectivity index is 1.30. The first kappa shape index (κ1) is 18.8. The zero-order valence-electron chi connectivity index (χ0n) is 15.9. The van der Waals surface area contributed by atoms with E-state index in [0.29, 0.717) is 12.2 Å². The van der Waals surface area contributed by atoms with Gasteiger partial charge in [0.15, 0.2) is 0 Å². The smallest absolute Gasteiger partial charge is 0.255 e. The lowest BCUT2D eigenvalue weighted by molar-refractivity contribution is 0.0679. The number of morpholine rings is 1. The van der Waals surface area contributed by atoms with Gasteiger partial charge in [0.05, 0.1) is 19.3 Å². The number of hydrogen-bond acceptors (Lipinski definition) is 5. The van der Waals surface area contributed by atoms with Crippen molar-refractivity contribution in [2.24, 2.45) is 0 Å². The number of nitrogens with zero attached hydrogens (tertiary/aromatic N) is 1. The molecule has 2 aliphatic rings. The average Bonchev–Trinajstić information content (AvgIpc) is 3.27. The average molecular weight is 382 g/mol. The zero-order valence-corrected chi connectivity index (χ0v) is 15.9. The van der Waals surface area contributed by atoms with Crippen molar-refractivity contribution in [3.05, 3.63) is 54.1 Å². The SMILES string of the molecule is O=C(Nc1ccc(N2CCOCC2)cc1)c1ccc(OC[C@@H]2CCCO2)cc1. The summed E-state index contributed by atoms with van der Waals surface area (Å²) >= 11 is 0. The van der Waals surface area contributed by atoms with Gasteiger partial charge in [-0.3, -0.25) is 4.79 Å². The second-order valence-electron chi connectivity index (χ2n) is 7.07. The van der Waals surface area contributed by atoms with Crippen molar-refractivity contribution >= 4 is 17.3 Å². The van der Waals surface area contributed by atoms with Crippen LogP contribution in [0.3, 0.4) is 0 Å². The van der Waals surface area contributed by atoms with Crippen molar-refractivity contribution in [3.8, 4) is 5.75 Å². The fraction of sp³-hybridized carbons (Fsp3) is 0.409. The topological polar surface area (TPSA) is 60.0 Å². The van der Waals surface area contributed by atoms with Crippen molar-refractivity contribution in [2.45, 2.75) is 18.9 Å². The minimum Gasteiger partial charge on any atom is -0.491 e. The number of carbonyl (C=O) groups excluding carboxylic acids is 1. The maximum absolute atomic E-state index is 12.5. The van der Waals surface area contributed by atoms with Gasteiger partial charge in [0.2, 0.25) is 0 Å². The van der Waals surface area contributed by atoms with Gasteiger partial charge < -0.3 is 24.4 Å². The summed E-state index contributed by atoms with van der Waals surface area (Å²) in [7, 11) is 0. The monoisotopic (exact) mass is 382 g/mol. The molecule has 28 heavy (non-hydrogen) atoms. The number of rotatable bonds is 6. The Kier molecular flexibility index (Phi) is 6.09. The summed E-state index contributed by atoms with van der Waals surface area (Å²) in [5.74, 6) is 0.617. The van der Waals surface area contributed by atoms with Gasteiger partial charge in [-0.1, -0.05) is 0 Å². The Morgan fingerprint density at radius 1 is 1.04 bits per heavy atom. The number of ether oxygens (including phenoxy) is 3. The van der Waals surface area contributed by atoms with Crippen molar-refractivity contribution in [2.75, 3.05) is 49.7 Å². The molecule has 2 fully saturated rings. The first-order valence-electron chi connectivity index (χ1n) is 9.86. The van der Waals surface area contributed by atoms with Crippen LogP contribution in [0.2, 0.25) is 0 Å². The molecule has 2 aromatic rings. The van der Waals surface area contributed by atoms with Crippen molar-refractivity contribution < 1.29 is 19.0 Å². The quantitative estimate of drug-likeness (QED) is 0.830. The number of anilines is 2. The number of hydrogen-bond donors (Lipinski definition) is 1. The van der Waals surface area contributed by atoms with E-state index in [2.05, 4.69) is 10.2 Å². The van der Waals surface area contributed by atoms with Crippen molar-refractivity contribution in [3.63, 3.8) is 0 Å². The Hall–Kier alpha value is -2.57. The third kappa shape index (κ3) is 4.82. The third-order valence-corrected chi connectivity index (χ3v) is 5.08. The predicted octanol–water partition coefficient (Wildman–Crippen LogP) is 3.33. The fourth-order valence-electron chi connectivity index (χ4n) is 3.45. The van der Waals surface area contributed by atoms with Crippen LogP contribution in [0.5, 0.6) is 5.75 Å². The Bertz CT molecular complexity index is 764. The van der Waals surface area contributed by atoms with Gasteiger partial charge in [0.25, 0.3) is 5.91 Å². The lowest BCUT2D eigenvalue weighted by Crippen LogP contribution is -2.36. The summed E-state index contributed by atoms with van der Waals surface area (Å²) in [5.41, 5.74) is 2.52. The molecule has 6 nitrogen and oxygen atoms in total. The minimum atomic E-state index is -0.134. The number of nitrogens with one attached hydrogen (secondary N) is 1. The predicted molar refractivity (Wildman–Crippen MR) is 108 cm³/mol. The molecule has 2 heterocycles. The van der Waals surface area contributed by atoms with E-state index in [-0.39, 0.29) is 12.0 Å². The molecule has 6 heteroatoms. The Labute approximate surface area is 165 Å². The van der Waals surface area contributed by atoms with Crippen LogP contribution in [0.1, 0.15) is 23.2 Å². The molecule has 2 aromatic carbocycles. The second-order valence-corrected chi connectivity index (χ2v) is 7.07. The van der Waals surface area contributed by atoms with Crippen LogP contribution < -0.4 is 15.0 Å². The van der Waals surface area contributed by atoms with Crippen molar-refractivity contribution in [1.82, 2.24) is 0 Å². The van der Waals surface area contributed by atoms with E-state index in [1.807, 2.05) is 36.4 Å². The Morgan fingerprint density at radius 2 is 1.79 bits per heavy atom. The Morgan fingerprint density at radius 3 is 2.46 bits per heavy atom. The highest BCUT2D eigenvalue weighted by molar-refractivity contribution is 6.04. The molecule has 0 bridgehead atoms. The van der Waals surface area contributed by atoms with Gasteiger partial charge in [-0.05, 0) is 61.4 Å². The molecule has 0 radical (unpaired) electrons. The summed E-state index contributed by atoms with van der Waals surface area (Å²) in [6.45, 7) is 4.68. The van der Waals surface area contributed by atoms with Gasteiger partial charge >= 0.3 is 0 Å². The van der Waals surface area contributed by atoms with Crippen LogP contribution in [0, 0.1) is 0 Å². The molecule has 1 amide bonds. The maximum Gasteiger partial charge on any atom is 0.255 e. The van der Waals surface area contributed by atoms with E-state index in [1.54, 1.807) is 12.1 Å². The van der Waals surface area contributed by atoms with E-state index in [9.17, 15) is 4.79 Å². The molecule has 2 saturated heterocycles.